The number of hydrogen-bond acceptors (Lipinski definition) is 4. The molecule has 164 valence electrons. The Morgan fingerprint density at radius 3 is 2.07 bits per heavy atom. The van der Waals surface area contributed by atoms with Crippen molar-refractivity contribution in [2.24, 2.45) is 0 Å². The SMILES string of the molecule is CCS(=O)(=O)NCc1ccc(-c2ccc(C(O)C(CF)NC(=O)C(Cl)Cl)cc2)cc1. The molecule has 0 saturated carbocycles. The number of hydrogen-bond donors (Lipinski definition) is 3. The summed E-state index contributed by atoms with van der Waals surface area (Å²) in [6.45, 7) is 0.796. The van der Waals surface area contributed by atoms with Crippen LogP contribution < -0.4 is 10.0 Å². The van der Waals surface area contributed by atoms with E-state index in [-0.39, 0.29) is 12.3 Å². The van der Waals surface area contributed by atoms with E-state index in [1.165, 1.54) is 0 Å². The fourth-order valence-electron chi connectivity index (χ4n) is 2.66. The predicted molar refractivity (Wildman–Crippen MR) is 117 cm³/mol. The van der Waals surface area contributed by atoms with E-state index in [1.807, 2.05) is 24.3 Å². The number of rotatable bonds is 10. The molecule has 0 aliphatic rings. The van der Waals surface area contributed by atoms with Gasteiger partial charge >= 0.3 is 0 Å². The topological polar surface area (TPSA) is 95.5 Å². The summed E-state index contributed by atoms with van der Waals surface area (Å²) in [6.07, 6.45) is -1.27. The Kier molecular flexibility index (Phi) is 9.06. The van der Waals surface area contributed by atoms with Gasteiger partial charge in [0.25, 0.3) is 5.91 Å². The molecule has 10 heteroatoms. The van der Waals surface area contributed by atoms with Crippen LogP contribution in [0.3, 0.4) is 0 Å². The zero-order chi connectivity index (χ0) is 22.3. The van der Waals surface area contributed by atoms with Crippen molar-refractivity contribution >= 4 is 39.1 Å². The molecule has 0 radical (unpaired) electrons. The molecule has 2 unspecified atom stereocenters. The maximum atomic E-state index is 13.3. The maximum Gasteiger partial charge on any atom is 0.253 e. The van der Waals surface area contributed by atoms with Crippen molar-refractivity contribution in [3.05, 3.63) is 59.7 Å². The molecule has 2 aromatic carbocycles. The second-order valence-corrected chi connectivity index (χ2v) is 9.75. The van der Waals surface area contributed by atoms with E-state index in [2.05, 4.69) is 10.0 Å². The van der Waals surface area contributed by atoms with Gasteiger partial charge in [-0.25, -0.2) is 17.5 Å². The van der Waals surface area contributed by atoms with Crippen molar-refractivity contribution in [2.45, 2.75) is 30.5 Å². The fraction of sp³-hybridized carbons (Fsp3) is 0.350. The molecule has 30 heavy (non-hydrogen) atoms. The number of halogens is 3. The summed E-state index contributed by atoms with van der Waals surface area (Å²) in [5.74, 6) is -0.757. The van der Waals surface area contributed by atoms with E-state index in [1.54, 1.807) is 31.2 Å². The lowest BCUT2D eigenvalue weighted by Gasteiger charge is -2.22. The van der Waals surface area contributed by atoms with E-state index in [0.29, 0.717) is 5.56 Å². The molecule has 3 N–H and O–H groups in total. The van der Waals surface area contributed by atoms with Gasteiger partial charge in [0.2, 0.25) is 10.0 Å². The van der Waals surface area contributed by atoms with Gasteiger partial charge < -0.3 is 10.4 Å². The first-order valence-corrected chi connectivity index (χ1v) is 11.7. The fourth-order valence-corrected chi connectivity index (χ4v) is 3.38. The number of aliphatic hydroxyl groups is 1. The van der Waals surface area contributed by atoms with Crippen LogP contribution >= 0.6 is 23.2 Å². The Bertz CT molecular complexity index is 938. The van der Waals surface area contributed by atoms with Crippen LogP contribution in [-0.2, 0) is 21.4 Å². The van der Waals surface area contributed by atoms with Gasteiger partial charge in [-0.3, -0.25) is 4.79 Å². The minimum Gasteiger partial charge on any atom is -0.386 e. The van der Waals surface area contributed by atoms with E-state index in [0.717, 1.165) is 16.7 Å². The molecular weight excluding hydrogens is 454 g/mol. The molecule has 2 aromatic rings. The van der Waals surface area contributed by atoms with Crippen molar-refractivity contribution in [3.63, 3.8) is 0 Å². The number of amides is 1. The lowest BCUT2D eigenvalue weighted by Crippen LogP contribution is -2.43. The highest BCUT2D eigenvalue weighted by Gasteiger charge is 2.25. The van der Waals surface area contributed by atoms with Crippen LogP contribution in [0.25, 0.3) is 11.1 Å². The Balaban J connectivity index is 2.06. The molecule has 0 aliphatic heterocycles. The van der Waals surface area contributed by atoms with Crippen molar-refractivity contribution in [1.29, 1.82) is 0 Å². The van der Waals surface area contributed by atoms with Gasteiger partial charge in [-0.15, -0.1) is 0 Å². The van der Waals surface area contributed by atoms with E-state index < -0.39 is 39.6 Å². The van der Waals surface area contributed by atoms with Gasteiger partial charge in [-0.1, -0.05) is 71.7 Å². The zero-order valence-corrected chi connectivity index (χ0v) is 18.5. The molecule has 1 amide bonds. The van der Waals surface area contributed by atoms with Crippen LogP contribution in [0.5, 0.6) is 0 Å². The van der Waals surface area contributed by atoms with Gasteiger partial charge in [0.1, 0.15) is 12.8 Å². The molecule has 0 fully saturated rings. The first-order valence-electron chi connectivity index (χ1n) is 9.16. The van der Waals surface area contributed by atoms with Crippen LogP contribution in [0.2, 0.25) is 0 Å². The average Bonchev–Trinajstić information content (AvgIpc) is 2.76. The van der Waals surface area contributed by atoms with Crippen LogP contribution in [-0.4, -0.2) is 42.7 Å². The molecule has 0 aliphatic carbocycles. The van der Waals surface area contributed by atoms with Gasteiger partial charge in [0.05, 0.1) is 11.8 Å². The average molecular weight is 477 g/mol. The highest BCUT2D eigenvalue weighted by Crippen LogP contribution is 2.24. The van der Waals surface area contributed by atoms with Gasteiger partial charge in [0.15, 0.2) is 4.84 Å². The Morgan fingerprint density at radius 2 is 1.60 bits per heavy atom. The molecule has 2 atom stereocenters. The highest BCUT2D eigenvalue weighted by molar-refractivity contribution is 7.89. The predicted octanol–water partition coefficient (Wildman–Crippen LogP) is 3.08. The van der Waals surface area contributed by atoms with Crippen molar-refractivity contribution in [1.82, 2.24) is 10.0 Å². The Morgan fingerprint density at radius 1 is 1.07 bits per heavy atom. The number of sulfonamides is 1. The summed E-state index contributed by atoms with van der Waals surface area (Å²) in [7, 11) is -3.26. The van der Waals surface area contributed by atoms with Crippen LogP contribution in [0.15, 0.2) is 48.5 Å². The number of alkyl halides is 3. The van der Waals surface area contributed by atoms with E-state index in [4.69, 9.17) is 23.2 Å². The molecule has 0 bridgehead atoms. The van der Waals surface area contributed by atoms with Crippen LogP contribution in [0, 0.1) is 0 Å². The third-order valence-electron chi connectivity index (χ3n) is 4.49. The Labute approximate surface area is 185 Å². The summed E-state index contributed by atoms with van der Waals surface area (Å²) >= 11 is 10.9. The van der Waals surface area contributed by atoms with Crippen molar-refractivity contribution in [3.8, 4) is 11.1 Å². The third kappa shape index (κ3) is 6.92. The second-order valence-electron chi connectivity index (χ2n) is 6.56. The van der Waals surface area contributed by atoms with Crippen molar-refractivity contribution in [2.75, 3.05) is 12.4 Å². The first kappa shape index (κ1) is 24.6. The molecule has 6 nitrogen and oxygen atoms in total. The lowest BCUT2D eigenvalue weighted by molar-refractivity contribution is -0.121. The maximum absolute atomic E-state index is 13.3. The monoisotopic (exact) mass is 476 g/mol. The number of carbonyl (C=O) groups is 1. The van der Waals surface area contributed by atoms with Gasteiger partial charge in [0, 0.05) is 6.54 Å². The summed E-state index contributed by atoms with van der Waals surface area (Å²) in [4.78, 5) is 10.2. The molecule has 0 spiro atoms. The highest BCUT2D eigenvalue weighted by atomic mass is 35.5. The second kappa shape index (κ2) is 11.1. The third-order valence-corrected chi connectivity index (χ3v) is 6.23. The van der Waals surface area contributed by atoms with Crippen LogP contribution in [0.4, 0.5) is 4.39 Å². The van der Waals surface area contributed by atoms with E-state index in [9.17, 15) is 22.7 Å². The smallest absolute Gasteiger partial charge is 0.253 e. The molecule has 0 saturated heterocycles. The summed E-state index contributed by atoms with van der Waals surface area (Å²) in [5.41, 5.74) is 2.99. The molecular formula is C20H23Cl2FN2O4S. The standard InChI is InChI=1S/C20H23Cl2FN2O4S/c1-2-30(28,29)24-12-13-3-5-14(6-4-13)15-7-9-16(10-8-15)18(26)17(11-23)25-20(27)19(21)22/h3-10,17-19,24,26H,2,11-12H2,1H3,(H,25,27). The number of aliphatic hydroxyl groups excluding tert-OH is 1. The Hall–Kier alpha value is -1.71. The summed E-state index contributed by atoms with van der Waals surface area (Å²) in [5, 5.41) is 12.6. The van der Waals surface area contributed by atoms with Crippen LogP contribution in [0.1, 0.15) is 24.2 Å². The largest absolute Gasteiger partial charge is 0.386 e. The molecule has 2 rings (SSSR count). The first-order chi connectivity index (χ1) is 14.2. The quantitative estimate of drug-likeness (QED) is 0.459. The van der Waals surface area contributed by atoms with Crippen molar-refractivity contribution < 1.29 is 22.7 Å². The number of carbonyl (C=O) groups excluding carboxylic acids is 1. The minimum atomic E-state index is -3.26. The van der Waals surface area contributed by atoms with E-state index >= 15 is 0 Å². The number of nitrogens with one attached hydrogen (secondary N) is 2. The molecule has 0 aromatic heterocycles. The lowest BCUT2D eigenvalue weighted by atomic mass is 9.98. The van der Waals surface area contributed by atoms with Gasteiger partial charge in [-0.2, -0.15) is 0 Å². The number of benzene rings is 2. The summed E-state index contributed by atoms with van der Waals surface area (Å²) < 4.78 is 38.8. The molecule has 0 heterocycles. The normalized spacial score (nSPS) is 13.8. The van der Waals surface area contributed by atoms with Gasteiger partial charge in [-0.05, 0) is 29.2 Å². The minimum absolute atomic E-state index is 0.0224. The summed E-state index contributed by atoms with van der Waals surface area (Å²) in [6, 6.07) is 13.0. The zero-order valence-electron chi connectivity index (χ0n) is 16.2.